The third-order valence-electron chi connectivity index (χ3n) is 4.30. The van der Waals surface area contributed by atoms with Gasteiger partial charge in [0.15, 0.2) is 11.5 Å². The van der Waals surface area contributed by atoms with E-state index < -0.39 is 0 Å². The lowest BCUT2D eigenvalue weighted by Crippen LogP contribution is -2.14. The van der Waals surface area contributed by atoms with Crippen LogP contribution in [0.3, 0.4) is 0 Å². The minimum absolute atomic E-state index is 0.151. The Morgan fingerprint density at radius 3 is 2.39 bits per heavy atom. The van der Waals surface area contributed by atoms with E-state index in [4.69, 9.17) is 25.4 Å². The summed E-state index contributed by atoms with van der Waals surface area (Å²) in [5.41, 5.74) is 6.80. The highest BCUT2D eigenvalue weighted by Gasteiger charge is 2.20. The number of nitrogens with two attached hydrogens (primary N) is 1. The summed E-state index contributed by atoms with van der Waals surface area (Å²) >= 11 is 0. The second-order valence-corrected chi connectivity index (χ2v) is 5.98. The number of ketones is 1. The Labute approximate surface area is 162 Å². The van der Waals surface area contributed by atoms with Gasteiger partial charge < -0.3 is 19.9 Å². The molecule has 2 aromatic carbocycles. The Balaban J connectivity index is 2.23. The lowest BCUT2D eigenvalue weighted by atomic mass is 9.98. The molecule has 0 saturated carbocycles. The number of pyridine rings is 1. The molecule has 0 spiro atoms. The second-order valence-electron chi connectivity index (χ2n) is 5.98. The van der Waals surface area contributed by atoms with E-state index in [1.807, 2.05) is 6.92 Å². The third kappa shape index (κ3) is 3.46. The van der Waals surface area contributed by atoms with Crippen LogP contribution in [-0.4, -0.2) is 37.4 Å². The zero-order valence-corrected chi connectivity index (χ0v) is 15.9. The van der Waals surface area contributed by atoms with Crippen LogP contribution < -0.4 is 19.9 Å². The summed E-state index contributed by atoms with van der Waals surface area (Å²) in [7, 11) is 3.03. The molecular formula is C21H21N3O4. The summed E-state index contributed by atoms with van der Waals surface area (Å²) < 4.78 is 16.2. The van der Waals surface area contributed by atoms with E-state index in [1.165, 1.54) is 20.4 Å². The smallest absolute Gasteiger partial charge is 0.212 e. The first-order valence-corrected chi connectivity index (χ1v) is 8.66. The molecule has 3 aromatic rings. The maximum Gasteiger partial charge on any atom is 0.212 e. The van der Waals surface area contributed by atoms with Gasteiger partial charge in [-0.3, -0.25) is 15.2 Å². The van der Waals surface area contributed by atoms with Gasteiger partial charge in [0, 0.05) is 28.1 Å². The zero-order valence-electron chi connectivity index (χ0n) is 15.9. The molecule has 0 radical (unpaired) electrons. The van der Waals surface area contributed by atoms with Gasteiger partial charge >= 0.3 is 0 Å². The summed E-state index contributed by atoms with van der Waals surface area (Å²) in [5, 5.41) is 8.94. The molecule has 0 amide bonds. The summed E-state index contributed by atoms with van der Waals surface area (Å²) in [6.07, 6.45) is 1.43. The Bertz CT molecular complexity index is 1060. The molecule has 0 atom stereocenters. The monoisotopic (exact) mass is 379 g/mol. The third-order valence-corrected chi connectivity index (χ3v) is 4.30. The van der Waals surface area contributed by atoms with Gasteiger partial charge in [-0.05, 0) is 31.2 Å². The van der Waals surface area contributed by atoms with Crippen LogP contribution in [0.4, 0.5) is 0 Å². The van der Waals surface area contributed by atoms with E-state index >= 15 is 0 Å². The molecule has 7 nitrogen and oxygen atoms in total. The standard InChI is InChI=1S/C21H21N3O4/c1-4-28-13-7-5-6-12(8-13)20(25)19-15-10-18(27-3)17(26-2)9-14(15)16(11-24-19)21(22)23/h5-11H,4H2,1-3H3,(H3,22,23). The average Bonchev–Trinajstić information content (AvgIpc) is 2.71. The number of amidine groups is 1. The number of aromatic nitrogens is 1. The number of nitrogen functional groups attached to an aromatic ring is 1. The fraction of sp³-hybridized carbons (Fsp3) is 0.190. The van der Waals surface area contributed by atoms with Crippen LogP contribution in [-0.2, 0) is 0 Å². The van der Waals surface area contributed by atoms with E-state index in [9.17, 15) is 4.79 Å². The molecule has 0 fully saturated rings. The summed E-state index contributed by atoms with van der Waals surface area (Å²) in [6.45, 7) is 2.38. The number of carbonyl (C=O) groups excluding carboxylic acids is 1. The van der Waals surface area contributed by atoms with Gasteiger partial charge in [-0.1, -0.05) is 12.1 Å². The van der Waals surface area contributed by atoms with Gasteiger partial charge in [0.05, 0.1) is 20.8 Å². The molecule has 28 heavy (non-hydrogen) atoms. The van der Waals surface area contributed by atoms with Crippen molar-refractivity contribution in [3.05, 3.63) is 59.4 Å². The minimum atomic E-state index is -0.270. The van der Waals surface area contributed by atoms with Crippen molar-refractivity contribution in [3.8, 4) is 17.2 Å². The Hall–Kier alpha value is -3.61. The van der Waals surface area contributed by atoms with Crippen molar-refractivity contribution in [1.29, 1.82) is 5.41 Å². The van der Waals surface area contributed by atoms with E-state index in [0.717, 1.165) is 0 Å². The molecule has 0 aliphatic rings. The molecule has 0 bridgehead atoms. The molecule has 0 aliphatic heterocycles. The number of methoxy groups -OCH3 is 2. The first-order valence-electron chi connectivity index (χ1n) is 8.66. The second kappa shape index (κ2) is 7.96. The predicted octanol–water partition coefficient (Wildman–Crippen LogP) is 3.17. The molecule has 0 unspecified atom stereocenters. The summed E-state index contributed by atoms with van der Waals surface area (Å²) in [4.78, 5) is 17.5. The van der Waals surface area contributed by atoms with Crippen LogP contribution >= 0.6 is 0 Å². The minimum Gasteiger partial charge on any atom is -0.494 e. The number of nitrogens with one attached hydrogen (secondary N) is 1. The Morgan fingerprint density at radius 1 is 1.11 bits per heavy atom. The molecule has 144 valence electrons. The zero-order chi connectivity index (χ0) is 20.3. The Kier molecular flexibility index (Phi) is 5.44. The fourth-order valence-corrected chi connectivity index (χ4v) is 2.99. The number of rotatable bonds is 7. The van der Waals surface area contributed by atoms with Gasteiger partial charge in [-0.25, -0.2) is 0 Å². The van der Waals surface area contributed by atoms with Crippen molar-refractivity contribution >= 4 is 22.4 Å². The van der Waals surface area contributed by atoms with Crippen molar-refractivity contribution in [2.45, 2.75) is 6.92 Å². The van der Waals surface area contributed by atoms with Crippen LogP contribution in [0.2, 0.25) is 0 Å². The largest absolute Gasteiger partial charge is 0.494 e. The van der Waals surface area contributed by atoms with E-state index in [0.29, 0.717) is 45.8 Å². The lowest BCUT2D eigenvalue weighted by Gasteiger charge is -2.14. The molecule has 7 heteroatoms. The van der Waals surface area contributed by atoms with E-state index in [-0.39, 0.29) is 17.3 Å². The van der Waals surface area contributed by atoms with Gasteiger partial charge in [0.2, 0.25) is 5.78 Å². The van der Waals surface area contributed by atoms with Crippen LogP contribution in [0.25, 0.3) is 10.8 Å². The van der Waals surface area contributed by atoms with Crippen molar-refractivity contribution in [1.82, 2.24) is 4.98 Å². The van der Waals surface area contributed by atoms with Crippen LogP contribution in [0, 0.1) is 5.41 Å². The maximum atomic E-state index is 13.2. The first kappa shape index (κ1) is 19.2. The molecule has 1 heterocycles. The normalized spacial score (nSPS) is 10.5. The number of nitrogens with zero attached hydrogens (tertiary/aromatic N) is 1. The molecule has 3 N–H and O–H groups in total. The van der Waals surface area contributed by atoms with Crippen molar-refractivity contribution in [2.75, 3.05) is 20.8 Å². The highest BCUT2D eigenvalue weighted by atomic mass is 16.5. The quantitative estimate of drug-likeness (QED) is 0.371. The van der Waals surface area contributed by atoms with Crippen molar-refractivity contribution in [2.24, 2.45) is 5.73 Å². The van der Waals surface area contributed by atoms with Gasteiger partial charge in [0.1, 0.15) is 17.3 Å². The maximum absolute atomic E-state index is 13.2. The van der Waals surface area contributed by atoms with E-state index in [2.05, 4.69) is 4.98 Å². The van der Waals surface area contributed by atoms with Crippen molar-refractivity contribution in [3.63, 3.8) is 0 Å². The molecule has 3 rings (SSSR count). The molecular weight excluding hydrogens is 358 g/mol. The van der Waals surface area contributed by atoms with Gasteiger partial charge in [0.25, 0.3) is 0 Å². The first-order chi connectivity index (χ1) is 13.5. The Morgan fingerprint density at radius 2 is 1.79 bits per heavy atom. The van der Waals surface area contributed by atoms with Gasteiger partial charge in [-0.15, -0.1) is 0 Å². The number of carbonyl (C=O) groups is 1. The molecule has 0 aliphatic carbocycles. The lowest BCUT2D eigenvalue weighted by molar-refractivity contribution is 0.103. The topological polar surface area (TPSA) is 108 Å². The summed E-state index contributed by atoms with van der Waals surface area (Å²) in [5.74, 6) is 1.11. The number of hydrogen-bond acceptors (Lipinski definition) is 6. The SMILES string of the molecule is CCOc1cccc(C(=O)c2ncc(C(=N)N)c3cc(OC)c(OC)cc23)c1. The van der Waals surface area contributed by atoms with Crippen LogP contribution in [0.15, 0.2) is 42.6 Å². The molecule has 0 saturated heterocycles. The number of benzene rings is 2. The number of ether oxygens (including phenoxy) is 3. The van der Waals surface area contributed by atoms with Gasteiger partial charge in [-0.2, -0.15) is 0 Å². The fourth-order valence-electron chi connectivity index (χ4n) is 2.99. The average molecular weight is 379 g/mol. The number of hydrogen-bond donors (Lipinski definition) is 2. The van der Waals surface area contributed by atoms with Crippen molar-refractivity contribution < 1.29 is 19.0 Å². The number of fused-ring (bicyclic) bond motifs is 1. The van der Waals surface area contributed by atoms with Crippen LogP contribution in [0.5, 0.6) is 17.2 Å². The highest BCUT2D eigenvalue weighted by Crippen LogP contribution is 2.35. The summed E-state index contributed by atoms with van der Waals surface area (Å²) in [6, 6.07) is 10.3. The van der Waals surface area contributed by atoms with Crippen LogP contribution in [0.1, 0.15) is 28.5 Å². The van der Waals surface area contributed by atoms with E-state index in [1.54, 1.807) is 36.4 Å². The molecule has 1 aromatic heterocycles. The highest BCUT2D eigenvalue weighted by molar-refractivity contribution is 6.18. The predicted molar refractivity (Wildman–Crippen MR) is 107 cm³/mol.